The summed E-state index contributed by atoms with van der Waals surface area (Å²) in [6, 6.07) is 42.0. The SMILES string of the molecule is COc1ccc(Cl)c(CNC(=O)c2ccc3c(c2)C2OC3c3ccc(-c4cccc(F)c4)cc32)c1F.COc1ccc(Cl)c(CNC(=O)c2ccc3c(c2)C2OC3c3ccc(-c4cccc5[nH]cnc45)cc32)c1F. The molecule has 10 nitrogen and oxygen atoms in total. The maximum Gasteiger partial charge on any atom is 0.251 e. The quantitative estimate of drug-likeness (QED) is 0.125. The number of hydrogen-bond donors (Lipinski definition) is 3. The van der Waals surface area contributed by atoms with E-state index in [0.717, 1.165) is 77.8 Å². The number of methoxy groups -OCH3 is 2. The first-order valence-corrected chi connectivity index (χ1v) is 24.4. The summed E-state index contributed by atoms with van der Waals surface area (Å²) in [5.41, 5.74) is 15.2. The molecule has 0 spiro atoms. The van der Waals surface area contributed by atoms with Crippen molar-refractivity contribution in [3.05, 3.63) is 240 Å². The summed E-state index contributed by atoms with van der Waals surface area (Å²) < 4.78 is 65.6. The number of carbonyl (C=O) groups excluding carboxylic acids is 2. The van der Waals surface area contributed by atoms with Gasteiger partial charge in [-0.1, -0.05) is 83.9 Å². The van der Waals surface area contributed by atoms with Gasteiger partial charge in [-0.15, -0.1) is 0 Å². The van der Waals surface area contributed by atoms with E-state index in [-0.39, 0.29) is 87.8 Å². The number of rotatable bonds is 10. The van der Waals surface area contributed by atoms with E-state index in [1.165, 1.54) is 44.6 Å². The number of imidazole rings is 1. The first-order valence-electron chi connectivity index (χ1n) is 23.6. The summed E-state index contributed by atoms with van der Waals surface area (Å²) in [5, 5.41) is 5.95. The number of aromatic nitrogens is 2. The summed E-state index contributed by atoms with van der Waals surface area (Å²) in [4.78, 5) is 33.6. The van der Waals surface area contributed by atoms with Gasteiger partial charge in [-0.3, -0.25) is 9.59 Å². The highest BCUT2D eigenvalue weighted by Gasteiger charge is 2.44. The largest absolute Gasteiger partial charge is 0.494 e. The number of H-pyrrole nitrogens is 1. The van der Waals surface area contributed by atoms with Gasteiger partial charge in [0.15, 0.2) is 23.1 Å². The van der Waals surface area contributed by atoms with Crippen molar-refractivity contribution < 1.29 is 41.7 Å². The third kappa shape index (κ3) is 8.03. The van der Waals surface area contributed by atoms with Crippen LogP contribution in [-0.2, 0) is 22.6 Å². The fourth-order valence-corrected chi connectivity index (χ4v) is 10.9. The normalized spacial score (nSPS) is 17.0. The number of aromatic amines is 1. The lowest BCUT2D eigenvalue weighted by atomic mass is 9.83. The predicted molar refractivity (Wildman–Crippen MR) is 274 cm³/mol. The molecular formula is C59H41Cl2F3N4O6. The molecule has 4 atom stereocenters. The zero-order chi connectivity index (χ0) is 50.9. The van der Waals surface area contributed by atoms with Gasteiger partial charge in [-0.2, -0.15) is 0 Å². The van der Waals surface area contributed by atoms with E-state index in [9.17, 15) is 22.8 Å². The summed E-state index contributed by atoms with van der Waals surface area (Å²) in [5.74, 6) is -2.02. The molecule has 9 aromatic rings. The maximum absolute atomic E-state index is 14.6. The van der Waals surface area contributed by atoms with Gasteiger partial charge in [0, 0.05) is 51.0 Å². The Morgan fingerprint density at radius 2 is 1.03 bits per heavy atom. The highest BCUT2D eigenvalue weighted by Crippen LogP contribution is 2.56. The zero-order valence-electron chi connectivity index (χ0n) is 39.4. The number of amides is 2. The predicted octanol–water partition coefficient (Wildman–Crippen LogP) is 13.2. The van der Waals surface area contributed by atoms with E-state index in [4.69, 9.17) is 42.1 Å². The smallest absolute Gasteiger partial charge is 0.251 e. The third-order valence-electron chi connectivity index (χ3n) is 14.2. The molecule has 4 unspecified atom stereocenters. The van der Waals surface area contributed by atoms with Gasteiger partial charge in [0.05, 0.1) is 31.6 Å². The molecule has 0 radical (unpaired) electrons. The minimum Gasteiger partial charge on any atom is -0.494 e. The van der Waals surface area contributed by atoms with E-state index >= 15 is 0 Å². The number of carbonyl (C=O) groups is 2. The van der Waals surface area contributed by atoms with Crippen LogP contribution in [0.25, 0.3) is 33.3 Å². The topological polar surface area (TPSA) is 124 Å². The number of ether oxygens (including phenoxy) is 4. The molecule has 2 amide bonds. The fourth-order valence-electron chi connectivity index (χ4n) is 10.5. The van der Waals surface area contributed by atoms with E-state index < -0.39 is 11.6 Å². The van der Waals surface area contributed by atoms with Gasteiger partial charge in [0.2, 0.25) is 0 Å². The molecule has 5 heterocycles. The Morgan fingerprint density at radius 1 is 0.554 bits per heavy atom. The van der Waals surface area contributed by atoms with Crippen LogP contribution in [0.4, 0.5) is 13.2 Å². The highest BCUT2D eigenvalue weighted by atomic mass is 35.5. The fraction of sp³-hybridized carbons (Fsp3) is 0.136. The second-order valence-corrected chi connectivity index (χ2v) is 19.0. The van der Waals surface area contributed by atoms with Crippen LogP contribution in [0, 0.1) is 17.5 Å². The average Bonchev–Trinajstić information content (AvgIpc) is 4.30. The van der Waals surface area contributed by atoms with E-state index in [2.05, 4.69) is 44.9 Å². The Kier molecular flexibility index (Phi) is 12.0. The van der Waals surface area contributed by atoms with E-state index in [1.807, 2.05) is 60.7 Å². The van der Waals surface area contributed by atoms with Crippen LogP contribution in [0.15, 0.2) is 146 Å². The molecule has 15 heteroatoms. The molecule has 1 aromatic heterocycles. The number of nitrogens with zero attached hydrogens (tertiary/aromatic N) is 1. The molecule has 368 valence electrons. The van der Waals surface area contributed by atoms with Crippen LogP contribution in [0.2, 0.25) is 10.0 Å². The van der Waals surface area contributed by atoms with Crippen LogP contribution in [0.5, 0.6) is 11.5 Å². The van der Waals surface area contributed by atoms with Crippen LogP contribution >= 0.6 is 23.2 Å². The van der Waals surface area contributed by atoms with Crippen LogP contribution in [0.1, 0.15) is 101 Å². The van der Waals surface area contributed by atoms with Gasteiger partial charge in [0.25, 0.3) is 11.8 Å². The summed E-state index contributed by atoms with van der Waals surface area (Å²) in [6.45, 7) is -0.147. The lowest BCUT2D eigenvalue weighted by molar-refractivity contribution is 0.0856. The molecule has 0 saturated carbocycles. The molecule has 13 rings (SSSR count). The number of fused-ring (bicyclic) bond motifs is 17. The lowest BCUT2D eigenvalue weighted by Crippen LogP contribution is -2.24. The van der Waals surface area contributed by atoms with Gasteiger partial charge in [0.1, 0.15) is 30.2 Å². The van der Waals surface area contributed by atoms with Gasteiger partial charge >= 0.3 is 0 Å². The lowest BCUT2D eigenvalue weighted by Gasteiger charge is -2.18. The molecule has 74 heavy (non-hydrogen) atoms. The molecule has 0 aliphatic carbocycles. The van der Waals surface area contributed by atoms with Crippen molar-refractivity contribution in [3.63, 3.8) is 0 Å². The van der Waals surface area contributed by atoms with Crippen molar-refractivity contribution in [3.8, 4) is 33.8 Å². The number of hydrogen-bond acceptors (Lipinski definition) is 7. The van der Waals surface area contributed by atoms with E-state index in [1.54, 1.807) is 30.6 Å². The van der Waals surface area contributed by atoms with Crippen LogP contribution in [0.3, 0.4) is 0 Å². The van der Waals surface area contributed by atoms with Gasteiger partial charge < -0.3 is 34.6 Å². The summed E-state index contributed by atoms with van der Waals surface area (Å²) in [6.07, 6.45) is 0.754. The van der Waals surface area contributed by atoms with Gasteiger partial charge in [-0.05, 0) is 140 Å². The molecule has 4 bridgehead atoms. The van der Waals surface area contributed by atoms with Crippen molar-refractivity contribution in [2.24, 2.45) is 0 Å². The number of nitrogens with one attached hydrogen (secondary N) is 3. The van der Waals surface area contributed by atoms with Gasteiger partial charge in [-0.25, -0.2) is 18.2 Å². The molecule has 4 aliphatic heterocycles. The van der Waals surface area contributed by atoms with Crippen molar-refractivity contribution in [2.75, 3.05) is 14.2 Å². The van der Waals surface area contributed by atoms with Crippen molar-refractivity contribution in [1.29, 1.82) is 0 Å². The minimum atomic E-state index is -0.601. The average molecular weight is 1030 g/mol. The van der Waals surface area contributed by atoms with Crippen molar-refractivity contribution >= 4 is 46.0 Å². The molecule has 4 aliphatic rings. The Labute approximate surface area is 432 Å². The van der Waals surface area contributed by atoms with Crippen LogP contribution in [-0.4, -0.2) is 36.0 Å². The number of benzene rings is 8. The minimum absolute atomic E-state index is 0.0608. The Bertz CT molecular complexity index is 3790. The number of halogens is 5. The molecule has 0 saturated heterocycles. The van der Waals surface area contributed by atoms with Crippen molar-refractivity contribution in [2.45, 2.75) is 37.5 Å². The Hall–Kier alpha value is -7.94. The summed E-state index contributed by atoms with van der Waals surface area (Å²) in [7, 11) is 2.75. The summed E-state index contributed by atoms with van der Waals surface area (Å²) >= 11 is 12.3. The maximum atomic E-state index is 14.6. The first kappa shape index (κ1) is 47.1. The highest BCUT2D eigenvalue weighted by molar-refractivity contribution is 6.31. The van der Waals surface area contributed by atoms with E-state index in [0.29, 0.717) is 11.1 Å². The molecular weight excluding hydrogens is 989 g/mol. The van der Waals surface area contributed by atoms with Crippen molar-refractivity contribution in [1.82, 2.24) is 20.6 Å². The Balaban J connectivity index is 0.000000150. The second kappa shape index (κ2) is 18.8. The monoisotopic (exact) mass is 1030 g/mol. The molecule has 3 N–H and O–H groups in total. The third-order valence-corrected chi connectivity index (χ3v) is 14.9. The first-order chi connectivity index (χ1) is 36.0. The number of para-hydroxylation sites is 1. The second-order valence-electron chi connectivity index (χ2n) is 18.2. The Morgan fingerprint density at radius 3 is 1.57 bits per heavy atom. The zero-order valence-corrected chi connectivity index (χ0v) is 40.9. The van der Waals surface area contributed by atoms with Crippen LogP contribution < -0.4 is 20.1 Å². The molecule has 0 fully saturated rings. The standard InChI is InChI=1S/C30H21ClFN3O3.C29H20ClF2NO3/c1-37-25-10-9-23(31)22(26(25)32)13-33-30(36)16-6-8-19-21(12-16)29-20-11-15(5-7-18(20)28(19)38-29)17-3-2-4-24-27(17)35-14-34-24;1-35-25-10-9-24(30)23(26(25)32)14-33-29(34)17-6-8-20-22(13-17)28-21-12-16(5-7-19(21)27(20)36-28)15-3-2-4-18(31)11-15/h2-12,14,28-29H,13H2,1H3,(H,33,36)(H,34,35);2-13,27-28H,14H2,1H3,(H,33,34). The molecule has 8 aromatic carbocycles.